The van der Waals surface area contributed by atoms with Crippen molar-refractivity contribution in [3.63, 3.8) is 0 Å². The molecule has 0 radical (unpaired) electrons. The largest absolute Gasteiger partial charge is 0.475 e. The normalized spacial score (nSPS) is 19.0. The zero-order valence-corrected chi connectivity index (χ0v) is 9.10. The first-order valence-electron chi connectivity index (χ1n) is 4.18. The smallest absolute Gasteiger partial charge is 0.374 e. The zero-order chi connectivity index (χ0) is 10.8. The molecule has 1 aliphatic heterocycles. The van der Waals surface area contributed by atoms with E-state index in [2.05, 4.69) is 15.9 Å². The Kier molecular flexibility index (Phi) is 2.64. The van der Waals surface area contributed by atoms with E-state index in [1.807, 2.05) is 18.2 Å². The van der Waals surface area contributed by atoms with Crippen molar-refractivity contribution in [3.8, 4) is 0 Å². The fourth-order valence-electron chi connectivity index (χ4n) is 1.20. The van der Waals surface area contributed by atoms with Crippen molar-refractivity contribution < 1.29 is 19.4 Å². The maximum atomic E-state index is 10.6. The van der Waals surface area contributed by atoms with Crippen molar-refractivity contribution in [3.05, 3.63) is 46.3 Å². The van der Waals surface area contributed by atoms with Crippen molar-refractivity contribution in [2.24, 2.45) is 0 Å². The summed E-state index contributed by atoms with van der Waals surface area (Å²) in [5, 5.41) is 8.65. The minimum absolute atomic E-state index is 0.181. The van der Waals surface area contributed by atoms with E-state index in [-0.39, 0.29) is 5.76 Å². The highest BCUT2D eigenvalue weighted by atomic mass is 79.9. The maximum absolute atomic E-state index is 10.6. The Hall–Kier alpha value is -1.49. The summed E-state index contributed by atoms with van der Waals surface area (Å²) in [6.07, 6.45) is 0.432. The van der Waals surface area contributed by atoms with E-state index >= 15 is 0 Å². The topological polar surface area (TPSA) is 55.8 Å². The van der Waals surface area contributed by atoms with E-state index in [0.29, 0.717) is 0 Å². The maximum Gasteiger partial charge on any atom is 0.374 e. The Morgan fingerprint density at radius 2 is 2.27 bits per heavy atom. The lowest BCUT2D eigenvalue weighted by molar-refractivity contribution is -0.139. The highest BCUT2D eigenvalue weighted by Gasteiger charge is 2.25. The Bertz CT molecular complexity index is 427. The van der Waals surface area contributed by atoms with Gasteiger partial charge in [-0.2, -0.15) is 0 Å². The number of carbonyl (C=O) groups is 1. The molecule has 1 aliphatic rings. The van der Waals surface area contributed by atoms with Gasteiger partial charge in [-0.3, -0.25) is 0 Å². The molecule has 0 saturated carbocycles. The average molecular weight is 271 g/mol. The fourth-order valence-corrected chi connectivity index (χ4v) is 1.61. The fraction of sp³-hybridized carbons (Fsp3) is 0.100. The van der Waals surface area contributed by atoms with E-state index < -0.39 is 12.3 Å². The molecule has 1 aromatic rings. The lowest BCUT2D eigenvalue weighted by Gasteiger charge is -2.10. The first-order valence-corrected chi connectivity index (χ1v) is 4.97. The highest BCUT2D eigenvalue weighted by molar-refractivity contribution is 9.10. The molecule has 78 valence electrons. The first kappa shape index (κ1) is 10.0. The number of rotatable bonds is 2. The van der Waals surface area contributed by atoms with Crippen LogP contribution in [0.25, 0.3) is 0 Å². The van der Waals surface area contributed by atoms with Crippen molar-refractivity contribution in [2.75, 3.05) is 0 Å². The van der Waals surface area contributed by atoms with Crippen molar-refractivity contribution in [1.82, 2.24) is 0 Å². The van der Waals surface area contributed by atoms with Gasteiger partial charge in [0.1, 0.15) is 6.26 Å². The summed E-state index contributed by atoms with van der Waals surface area (Å²) in [6.45, 7) is 0. The predicted octanol–water partition coefficient (Wildman–Crippen LogP) is 2.42. The van der Waals surface area contributed by atoms with E-state index in [1.54, 1.807) is 6.07 Å². The van der Waals surface area contributed by atoms with Gasteiger partial charge in [0.25, 0.3) is 6.29 Å². The second kappa shape index (κ2) is 3.94. The summed E-state index contributed by atoms with van der Waals surface area (Å²) in [7, 11) is 0. The minimum atomic E-state index is -1.13. The second-order valence-corrected chi connectivity index (χ2v) is 3.84. The molecule has 1 atom stereocenters. The first-order chi connectivity index (χ1) is 7.16. The molecule has 0 fully saturated rings. The molecule has 1 unspecified atom stereocenters. The predicted molar refractivity (Wildman–Crippen MR) is 54.8 cm³/mol. The van der Waals surface area contributed by atoms with Crippen LogP contribution >= 0.6 is 15.9 Å². The number of halogens is 1. The summed E-state index contributed by atoms with van der Waals surface area (Å²) < 4.78 is 11.0. The molecule has 0 bridgehead atoms. The zero-order valence-electron chi connectivity index (χ0n) is 7.51. The molecular weight excluding hydrogens is 264 g/mol. The molecule has 0 aromatic heterocycles. The van der Waals surface area contributed by atoms with Crippen LogP contribution in [0.2, 0.25) is 0 Å². The van der Waals surface area contributed by atoms with Crippen LogP contribution in [0.3, 0.4) is 0 Å². The Morgan fingerprint density at radius 1 is 1.47 bits per heavy atom. The lowest BCUT2D eigenvalue weighted by Crippen LogP contribution is -2.04. The third kappa shape index (κ3) is 2.12. The Morgan fingerprint density at radius 3 is 2.87 bits per heavy atom. The quantitative estimate of drug-likeness (QED) is 0.897. The van der Waals surface area contributed by atoms with Crippen LogP contribution in [-0.2, 0) is 14.3 Å². The summed E-state index contributed by atoms with van der Waals surface area (Å²) in [4.78, 5) is 10.6. The molecule has 2 rings (SSSR count). The van der Waals surface area contributed by atoms with Gasteiger partial charge in [0.2, 0.25) is 5.76 Å². The third-order valence-electron chi connectivity index (χ3n) is 1.86. The van der Waals surface area contributed by atoms with Gasteiger partial charge in [-0.15, -0.1) is 0 Å². The standard InChI is InChI=1S/C10H7BrO4/c11-7-3-1-2-6(4-7)10-14-5-8(15-10)9(12)13/h1-5,10H,(H,12,13). The number of benzene rings is 1. The van der Waals surface area contributed by atoms with Crippen LogP contribution in [0.5, 0.6) is 0 Å². The van der Waals surface area contributed by atoms with Gasteiger partial charge in [0, 0.05) is 10.0 Å². The molecule has 4 nitrogen and oxygen atoms in total. The number of hydrogen-bond donors (Lipinski definition) is 1. The van der Waals surface area contributed by atoms with Crippen LogP contribution in [0, 0.1) is 0 Å². The summed E-state index contributed by atoms with van der Waals surface area (Å²) in [5.74, 6) is -1.31. The van der Waals surface area contributed by atoms with Crippen LogP contribution in [-0.4, -0.2) is 11.1 Å². The van der Waals surface area contributed by atoms with Gasteiger partial charge >= 0.3 is 5.97 Å². The monoisotopic (exact) mass is 270 g/mol. The van der Waals surface area contributed by atoms with E-state index in [1.165, 1.54) is 0 Å². The summed E-state index contributed by atoms with van der Waals surface area (Å²) >= 11 is 3.31. The van der Waals surface area contributed by atoms with Crippen LogP contribution < -0.4 is 0 Å². The van der Waals surface area contributed by atoms with Gasteiger partial charge < -0.3 is 14.6 Å². The molecule has 0 saturated heterocycles. The summed E-state index contributed by atoms with van der Waals surface area (Å²) in [6, 6.07) is 7.30. The molecule has 1 aromatic carbocycles. The molecule has 0 amide bonds. The second-order valence-electron chi connectivity index (χ2n) is 2.93. The molecule has 0 aliphatic carbocycles. The van der Waals surface area contributed by atoms with Crippen molar-refractivity contribution in [1.29, 1.82) is 0 Å². The average Bonchev–Trinajstić information content (AvgIpc) is 2.66. The molecule has 1 N–H and O–H groups in total. The van der Waals surface area contributed by atoms with Gasteiger partial charge in [-0.25, -0.2) is 4.79 Å². The molecule has 1 heterocycles. The SMILES string of the molecule is O=C(O)C1=COC(c2cccc(Br)c2)O1. The lowest BCUT2D eigenvalue weighted by atomic mass is 10.2. The van der Waals surface area contributed by atoms with Gasteiger partial charge in [-0.1, -0.05) is 28.1 Å². The van der Waals surface area contributed by atoms with Crippen LogP contribution in [0.4, 0.5) is 0 Å². The number of carboxylic acids is 1. The van der Waals surface area contributed by atoms with Crippen molar-refractivity contribution >= 4 is 21.9 Å². The van der Waals surface area contributed by atoms with Crippen molar-refractivity contribution in [2.45, 2.75) is 6.29 Å². The number of hydrogen-bond acceptors (Lipinski definition) is 3. The highest BCUT2D eigenvalue weighted by Crippen LogP contribution is 2.29. The minimum Gasteiger partial charge on any atom is -0.475 e. The molecule has 5 heteroatoms. The summed E-state index contributed by atoms with van der Waals surface area (Å²) in [5.41, 5.74) is 0.761. The number of aliphatic carboxylic acids is 1. The van der Waals surface area contributed by atoms with E-state index in [0.717, 1.165) is 16.3 Å². The van der Waals surface area contributed by atoms with Gasteiger partial charge in [0.05, 0.1) is 0 Å². The van der Waals surface area contributed by atoms with E-state index in [9.17, 15) is 4.79 Å². The Balaban J connectivity index is 2.13. The molecule has 15 heavy (non-hydrogen) atoms. The van der Waals surface area contributed by atoms with Crippen LogP contribution in [0.15, 0.2) is 40.8 Å². The number of ether oxygens (including phenoxy) is 2. The number of carboxylic acid groups (broad SMARTS) is 1. The van der Waals surface area contributed by atoms with Gasteiger partial charge in [0.15, 0.2) is 0 Å². The van der Waals surface area contributed by atoms with Gasteiger partial charge in [-0.05, 0) is 12.1 Å². The Labute approximate surface area is 94.2 Å². The van der Waals surface area contributed by atoms with E-state index in [4.69, 9.17) is 14.6 Å². The molecule has 0 spiro atoms. The third-order valence-corrected chi connectivity index (χ3v) is 2.36. The van der Waals surface area contributed by atoms with Crippen LogP contribution in [0.1, 0.15) is 11.9 Å². The molecular formula is C10H7BrO4.